The van der Waals surface area contributed by atoms with E-state index in [4.69, 9.17) is 4.74 Å². The smallest absolute Gasteiger partial charge is 0.269 e. The van der Waals surface area contributed by atoms with E-state index >= 15 is 0 Å². The van der Waals surface area contributed by atoms with E-state index in [1.54, 1.807) is 12.1 Å². The lowest BCUT2D eigenvalue weighted by atomic mass is 9.95. The van der Waals surface area contributed by atoms with Crippen LogP contribution in [0.3, 0.4) is 0 Å². The number of hydrogen-bond acceptors (Lipinski definition) is 8. The summed E-state index contributed by atoms with van der Waals surface area (Å²) in [5.41, 5.74) is 2.34. The van der Waals surface area contributed by atoms with Crippen LogP contribution in [0.25, 0.3) is 0 Å². The lowest BCUT2D eigenvalue weighted by Gasteiger charge is -2.40. The zero-order chi connectivity index (χ0) is 25.8. The number of nitro benzene ring substituents is 1. The van der Waals surface area contributed by atoms with E-state index in [9.17, 15) is 19.7 Å². The van der Waals surface area contributed by atoms with Crippen LogP contribution in [0, 0.1) is 16.0 Å². The molecule has 10 nitrogen and oxygen atoms in total. The van der Waals surface area contributed by atoms with Gasteiger partial charge in [0.1, 0.15) is 5.75 Å². The zero-order valence-corrected chi connectivity index (χ0v) is 20.9. The average molecular weight is 508 g/mol. The maximum atomic E-state index is 11.9. The second kappa shape index (κ2) is 11.2. The van der Waals surface area contributed by atoms with Crippen LogP contribution in [-0.2, 0) is 9.59 Å². The number of carbonyl (C=O) groups is 2. The molecule has 3 fully saturated rings. The predicted molar refractivity (Wildman–Crippen MR) is 140 cm³/mol. The molecule has 1 N–H and O–H groups in total. The second-order valence-corrected chi connectivity index (χ2v) is 10.0. The molecule has 1 atom stereocenters. The summed E-state index contributed by atoms with van der Waals surface area (Å²) in [6.45, 7) is 7.06. The van der Waals surface area contributed by atoms with Gasteiger partial charge in [0.05, 0.1) is 4.92 Å². The number of anilines is 2. The average Bonchev–Trinajstić information content (AvgIpc) is 2.92. The lowest BCUT2D eigenvalue weighted by molar-refractivity contribution is -0.384. The Morgan fingerprint density at radius 3 is 2.03 bits per heavy atom. The number of ether oxygens (including phenoxy) is 1. The standard InChI is InChI=1S/C27H33N5O5/c33-26-10-9-25(27(34)28-26)37-24-7-5-22(6-8-24)31-17-15-29(16-18-31)19-20-11-13-30(14-12-20)21-1-3-23(4-2-21)32(35)36/h1-8,20,25H,9-19H2,(H,28,33,34). The van der Waals surface area contributed by atoms with Crippen molar-refractivity contribution in [3.63, 3.8) is 0 Å². The van der Waals surface area contributed by atoms with Crippen LogP contribution >= 0.6 is 0 Å². The van der Waals surface area contributed by atoms with Crippen LogP contribution in [0.15, 0.2) is 48.5 Å². The highest BCUT2D eigenvalue weighted by molar-refractivity contribution is 5.99. The maximum absolute atomic E-state index is 11.9. The summed E-state index contributed by atoms with van der Waals surface area (Å²) in [4.78, 5) is 41.0. The van der Waals surface area contributed by atoms with Crippen LogP contribution < -0.4 is 19.9 Å². The number of rotatable bonds is 7. The van der Waals surface area contributed by atoms with E-state index in [-0.39, 0.29) is 22.4 Å². The second-order valence-electron chi connectivity index (χ2n) is 10.0. The Hall–Kier alpha value is -3.66. The summed E-state index contributed by atoms with van der Waals surface area (Å²) in [6.07, 6.45) is 2.35. The molecule has 3 aliphatic heterocycles. The van der Waals surface area contributed by atoms with Gasteiger partial charge in [0.15, 0.2) is 6.10 Å². The summed E-state index contributed by atoms with van der Waals surface area (Å²) in [5.74, 6) is 0.696. The van der Waals surface area contributed by atoms with Crippen molar-refractivity contribution in [1.29, 1.82) is 0 Å². The molecule has 0 radical (unpaired) electrons. The van der Waals surface area contributed by atoms with Gasteiger partial charge in [-0.05, 0) is 55.2 Å². The fraction of sp³-hybridized carbons (Fsp3) is 0.481. The molecule has 0 spiro atoms. The van der Waals surface area contributed by atoms with Gasteiger partial charge in [0.2, 0.25) is 5.91 Å². The number of benzene rings is 2. The van der Waals surface area contributed by atoms with Crippen molar-refractivity contribution in [3.8, 4) is 5.75 Å². The van der Waals surface area contributed by atoms with Gasteiger partial charge in [0, 0.05) is 82.2 Å². The maximum Gasteiger partial charge on any atom is 0.269 e. The number of hydrogen-bond donors (Lipinski definition) is 1. The van der Waals surface area contributed by atoms with Crippen molar-refractivity contribution in [2.45, 2.75) is 31.8 Å². The molecule has 196 valence electrons. The highest BCUT2D eigenvalue weighted by Gasteiger charge is 2.28. The number of nitrogens with one attached hydrogen (secondary N) is 1. The summed E-state index contributed by atoms with van der Waals surface area (Å²) in [7, 11) is 0. The summed E-state index contributed by atoms with van der Waals surface area (Å²) < 4.78 is 5.79. The van der Waals surface area contributed by atoms with Gasteiger partial charge in [-0.1, -0.05) is 0 Å². The highest BCUT2D eigenvalue weighted by Crippen LogP contribution is 2.27. The predicted octanol–water partition coefficient (Wildman–Crippen LogP) is 2.82. The Morgan fingerprint density at radius 1 is 0.838 bits per heavy atom. The number of carbonyl (C=O) groups excluding carboxylic acids is 2. The van der Waals surface area contributed by atoms with Crippen LogP contribution in [0.2, 0.25) is 0 Å². The van der Waals surface area contributed by atoms with Crippen molar-refractivity contribution in [3.05, 3.63) is 58.6 Å². The molecular formula is C27H33N5O5. The summed E-state index contributed by atoms with van der Waals surface area (Å²) in [5, 5.41) is 13.2. The SMILES string of the molecule is O=C1CCC(Oc2ccc(N3CCN(CC4CCN(c5ccc([N+](=O)[O-])cc5)CC4)CC3)cc2)C(=O)N1. The lowest BCUT2D eigenvalue weighted by Crippen LogP contribution is -2.49. The van der Waals surface area contributed by atoms with Crippen LogP contribution in [-0.4, -0.2) is 73.6 Å². The van der Waals surface area contributed by atoms with Gasteiger partial charge in [-0.25, -0.2) is 0 Å². The van der Waals surface area contributed by atoms with Crippen molar-refractivity contribution >= 4 is 28.9 Å². The number of non-ortho nitro benzene ring substituents is 1. The Labute approximate surface area is 216 Å². The normalized spacial score (nSPS) is 21.6. The molecule has 0 bridgehead atoms. The Balaban J connectivity index is 1.04. The van der Waals surface area contributed by atoms with E-state index in [1.807, 2.05) is 36.4 Å². The van der Waals surface area contributed by atoms with E-state index in [0.29, 0.717) is 24.5 Å². The number of piperidine rings is 2. The molecule has 0 aliphatic carbocycles. The van der Waals surface area contributed by atoms with Gasteiger partial charge in [-0.15, -0.1) is 0 Å². The van der Waals surface area contributed by atoms with Crippen molar-refractivity contribution < 1.29 is 19.2 Å². The third-order valence-electron chi connectivity index (χ3n) is 7.60. The summed E-state index contributed by atoms with van der Waals surface area (Å²) in [6, 6.07) is 14.7. The molecule has 0 aromatic heterocycles. The third kappa shape index (κ3) is 6.19. The number of nitrogens with zero attached hydrogens (tertiary/aromatic N) is 4. The van der Waals surface area contributed by atoms with E-state index in [0.717, 1.165) is 70.0 Å². The van der Waals surface area contributed by atoms with E-state index < -0.39 is 6.10 Å². The van der Waals surface area contributed by atoms with E-state index in [2.05, 4.69) is 20.0 Å². The molecule has 2 aromatic carbocycles. The first-order valence-electron chi connectivity index (χ1n) is 13.0. The zero-order valence-electron chi connectivity index (χ0n) is 20.9. The quantitative estimate of drug-likeness (QED) is 0.346. The molecule has 10 heteroatoms. The number of piperazine rings is 1. The number of nitro groups is 1. The van der Waals surface area contributed by atoms with Crippen LogP contribution in [0.1, 0.15) is 25.7 Å². The Morgan fingerprint density at radius 2 is 1.43 bits per heavy atom. The molecule has 3 heterocycles. The molecular weight excluding hydrogens is 474 g/mol. The van der Waals surface area contributed by atoms with Gasteiger partial charge in [0.25, 0.3) is 11.6 Å². The Kier molecular flexibility index (Phi) is 7.55. The molecule has 0 saturated carbocycles. The summed E-state index contributed by atoms with van der Waals surface area (Å²) >= 11 is 0. The van der Waals surface area contributed by atoms with Crippen LogP contribution in [0.5, 0.6) is 5.75 Å². The molecule has 3 saturated heterocycles. The van der Waals surface area contributed by atoms with Gasteiger partial charge in [-0.3, -0.25) is 29.9 Å². The first-order chi connectivity index (χ1) is 17.9. The molecule has 2 amide bonds. The number of imide groups is 1. The number of amides is 2. The first-order valence-corrected chi connectivity index (χ1v) is 13.0. The fourth-order valence-corrected chi connectivity index (χ4v) is 5.40. The highest BCUT2D eigenvalue weighted by atomic mass is 16.6. The van der Waals surface area contributed by atoms with E-state index in [1.165, 1.54) is 0 Å². The minimum atomic E-state index is -0.618. The molecule has 1 unspecified atom stereocenters. The monoisotopic (exact) mass is 507 g/mol. The van der Waals surface area contributed by atoms with Gasteiger partial charge < -0.3 is 14.5 Å². The van der Waals surface area contributed by atoms with Crippen LogP contribution in [0.4, 0.5) is 17.1 Å². The topological polar surface area (TPSA) is 108 Å². The Bertz CT molecular complexity index is 1110. The minimum Gasteiger partial charge on any atom is -0.481 e. The van der Waals surface area contributed by atoms with Crippen molar-refractivity contribution in [2.75, 3.05) is 55.6 Å². The molecule has 2 aromatic rings. The molecule has 37 heavy (non-hydrogen) atoms. The third-order valence-corrected chi connectivity index (χ3v) is 7.60. The minimum absolute atomic E-state index is 0.134. The largest absolute Gasteiger partial charge is 0.481 e. The molecule has 5 rings (SSSR count). The fourth-order valence-electron chi connectivity index (χ4n) is 5.40. The van der Waals surface area contributed by atoms with Crippen molar-refractivity contribution in [2.24, 2.45) is 5.92 Å². The molecule has 3 aliphatic rings. The van der Waals surface area contributed by atoms with Gasteiger partial charge in [-0.2, -0.15) is 0 Å². The van der Waals surface area contributed by atoms with Gasteiger partial charge >= 0.3 is 0 Å². The first kappa shape index (κ1) is 25.0. The van der Waals surface area contributed by atoms with Crippen molar-refractivity contribution in [1.82, 2.24) is 10.2 Å².